The van der Waals surface area contributed by atoms with E-state index in [4.69, 9.17) is 5.73 Å². The van der Waals surface area contributed by atoms with Gasteiger partial charge in [-0.15, -0.1) is 0 Å². The van der Waals surface area contributed by atoms with Crippen LogP contribution >= 0.6 is 0 Å². The number of anilines is 2. The Labute approximate surface area is 123 Å². The molecular weight excluding hydrogens is 291 g/mol. The second-order valence-electron chi connectivity index (χ2n) is 5.04. The van der Waals surface area contributed by atoms with Crippen LogP contribution in [-0.2, 0) is 10.0 Å². The largest absolute Gasteiger partial charge is 0.398 e. The minimum atomic E-state index is -4.02. The Morgan fingerprint density at radius 1 is 1.00 bits per heavy atom. The summed E-state index contributed by atoms with van der Waals surface area (Å²) < 4.78 is 40.8. The van der Waals surface area contributed by atoms with Crippen LogP contribution in [0.15, 0.2) is 35.2 Å². The van der Waals surface area contributed by atoms with Gasteiger partial charge in [-0.3, -0.25) is 4.72 Å². The number of hydrogen-bond donors (Lipinski definition) is 2. The van der Waals surface area contributed by atoms with Crippen molar-refractivity contribution in [3.05, 3.63) is 52.8 Å². The SMILES string of the molecule is Cc1ccc(NS(=O)(=O)c2cc(N)c(C)cc2F)cc1C. The molecule has 0 spiro atoms. The van der Waals surface area contributed by atoms with Gasteiger partial charge in [-0.05, 0) is 61.7 Å². The number of nitrogens with one attached hydrogen (secondary N) is 1. The maximum absolute atomic E-state index is 13.9. The summed E-state index contributed by atoms with van der Waals surface area (Å²) in [6.07, 6.45) is 0. The van der Waals surface area contributed by atoms with Crippen LogP contribution in [0.4, 0.5) is 15.8 Å². The minimum Gasteiger partial charge on any atom is -0.398 e. The van der Waals surface area contributed by atoms with Gasteiger partial charge in [0.1, 0.15) is 10.7 Å². The Hall–Kier alpha value is -2.08. The fraction of sp³-hybridized carbons (Fsp3) is 0.200. The van der Waals surface area contributed by atoms with E-state index in [1.54, 1.807) is 25.1 Å². The standard InChI is InChI=1S/C15H17FN2O2S/c1-9-4-5-12(6-10(9)2)18-21(19,20)15-8-14(17)11(3)7-13(15)16/h4-8,18H,17H2,1-3H3. The number of rotatable bonds is 3. The Bertz CT molecular complexity index is 802. The van der Waals surface area contributed by atoms with Gasteiger partial charge in [0, 0.05) is 11.4 Å². The Kier molecular flexibility index (Phi) is 3.91. The fourth-order valence-electron chi connectivity index (χ4n) is 1.89. The molecule has 0 amide bonds. The minimum absolute atomic E-state index is 0.233. The summed E-state index contributed by atoms with van der Waals surface area (Å²) in [5.74, 6) is -0.821. The molecule has 0 aliphatic carbocycles. The van der Waals surface area contributed by atoms with Gasteiger partial charge in [0.25, 0.3) is 10.0 Å². The molecule has 2 aromatic rings. The molecule has 0 aliphatic rings. The van der Waals surface area contributed by atoms with Crippen molar-refractivity contribution in [2.75, 3.05) is 10.5 Å². The first-order chi connectivity index (χ1) is 9.70. The predicted molar refractivity (Wildman–Crippen MR) is 82.3 cm³/mol. The van der Waals surface area contributed by atoms with Crippen LogP contribution in [0, 0.1) is 26.6 Å². The molecule has 0 heterocycles. The van der Waals surface area contributed by atoms with E-state index in [1.165, 1.54) is 0 Å². The lowest BCUT2D eigenvalue weighted by Gasteiger charge is -2.12. The van der Waals surface area contributed by atoms with Gasteiger partial charge in [-0.1, -0.05) is 6.07 Å². The van der Waals surface area contributed by atoms with Crippen LogP contribution < -0.4 is 10.5 Å². The van der Waals surface area contributed by atoms with E-state index in [0.717, 1.165) is 23.3 Å². The third kappa shape index (κ3) is 3.16. The normalized spacial score (nSPS) is 11.4. The number of sulfonamides is 1. The average Bonchev–Trinajstić information content (AvgIpc) is 2.37. The van der Waals surface area contributed by atoms with Crippen molar-refractivity contribution in [2.24, 2.45) is 0 Å². The molecule has 4 nitrogen and oxygen atoms in total. The van der Waals surface area contributed by atoms with E-state index >= 15 is 0 Å². The van der Waals surface area contributed by atoms with Gasteiger partial charge < -0.3 is 5.73 Å². The van der Waals surface area contributed by atoms with Crippen LogP contribution in [0.3, 0.4) is 0 Å². The third-order valence-electron chi connectivity index (χ3n) is 3.37. The Balaban J connectivity index is 2.43. The smallest absolute Gasteiger partial charge is 0.264 e. The first-order valence-electron chi connectivity index (χ1n) is 6.36. The monoisotopic (exact) mass is 308 g/mol. The lowest BCUT2D eigenvalue weighted by molar-refractivity contribution is 0.570. The Morgan fingerprint density at radius 2 is 1.67 bits per heavy atom. The summed E-state index contributed by atoms with van der Waals surface area (Å²) in [5.41, 5.74) is 8.77. The molecule has 0 aliphatic heterocycles. The molecule has 0 saturated carbocycles. The highest BCUT2D eigenvalue weighted by atomic mass is 32.2. The lowest BCUT2D eigenvalue weighted by Crippen LogP contribution is -2.15. The molecule has 112 valence electrons. The molecule has 21 heavy (non-hydrogen) atoms. The number of halogens is 1. The quantitative estimate of drug-likeness (QED) is 0.856. The second kappa shape index (κ2) is 5.37. The molecule has 2 aromatic carbocycles. The van der Waals surface area contributed by atoms with Crippen LogP contribution in [0.5, 0.6) is 0 Å². The van der Waals surface area contributed by atoms with E-state index in [-0.39, 0.29) is 5.69 Å². The first kappa shape index (κ1) is 15.3. The molecule has 0 atom stereocenters. The highest BCUT2D eigenvalue weighted by molar-refractivity contribution is 7.92. The van der Waals surface area contributed by atoms with Crippen molar-refractivity contribution >= 4 is 21.4 Å². The number of hydrogen-bond acceptors (Lipinski definition) is 3. The number of nitrogen functional groups attached to an aromatic ring is 1. The van der Waals surface area contributed by atoms with Crippen molar-refractivity contribution in [3.8, 4) is 0 Å². The zero-order valence-corrected chi connectivity index (χ0v) is 12.9. The van der Waals surface area contributed by atoms with Crippen molar-refractivity contribution in [3.63, 3.8) is 0 Å². The predicted octanol–water partition coefficient (Wildman–Crippen LogP) is 3.13. The molecule has 0 fully saturated rings. The average molecular weight is 308 g/mol. The van der Waals surface area contributed by atoms with Crippen LogP contribution in [0.25, 0.3) is 0 Å². The third-order valence-corrected chi connectivity index (χ3v) is 4.77. The number of nitrogens with two attached hydrogens (primary N) is 1. The summed E-state index contributed by atoms with van der Waals surface area (Å²) in [7, 11) is -4.02. The number of benzene rings is 2. The fourth-order valence-corrected chi connectivity index (χ4v) is 3.03. The van der Waals surface area contributed by atoms with Crippen LogP contribution in [0.1, 0.15) is 16.7 Å². The van der Waals surface area contributed by atoms with Gasteiger partial charge in [-0.25, -0.2) is 12.8 Å². The summed E-state index contributed by atoms with van der Waals surface area (Å²) >= 11 is 0. The molecule has 0 aromatic heterocycles. The number of aryl methyl sites for hydroxylation is 3. The lowest BCUT2D eigenvalue weighted by atomic mass is 10.1. The van der Waals surface area contributed by atoms with Crippen molar-refractivity contribution in [1.29, 1.82) is 0 Å². The zero-order valence-electron chi connectivity index (χ0n) is 12.1. The van der Waals surface area contributed by atoms with Crippen molar-refractivity contribution in [1.82, 2.24) is 0 Å². The maximum Gasteiger partial charge on any atom is 0.264 e. The molecule has 0 bridgehead atoms. The molecular formula is C15H17FN2O2S. The van der Waals surface area contributed by atoms with E-state index in [1.807, 2.05) is 13.8 Å². The van der Waals surface area contributed by atoms with Crippen LogP contribution in [-0.4, -0.2) is 8.42 Å². The van der Waals surface area contributed by atoms with Crippen LogP contribution in [0.2, 0.25) is 0 Å². The highest BCUT2D eigenvalue weighted by Crippen LogP contribution is 2.24. The first-order valence-corrected chi connectivity index (χ1v) is 7.85. The maximum atomic E-state index is 13.9. The molecule has 3 N–H and O–H groups in total. The van der Waals surface area contributed by atoms with E-state index in [0.29, 0.717) is 11.3 Å². The van der Waals surface area contributed by atoms with Gasteiger partial charge in [0.15, 0.2) is 0 Å². The second-order valence-corrected chi connectivity index (χ2v) is 6.69. The van der Waals surface area contributed by atoms with E-state index < -0.39 is 20.7 Å². The topological polar surface area (TPSA) is 72.2 Å². The van der Waals surface area contributed by atoms with E-state index in [2.05, 4.69) is 4.72 Å². The van der Waals surface area contributed by atoms with Gasteiger partial charge in [0.2, 0.25) is 0 Å². The molecule has 0 unspecified atom stereocenters. The van der Waals surface area contributed by atoms with Gasteiger partial charge in [-0.2, -0.15) is 0 Å². The summed E-state index contributed by atoms with van der Waals surface area (Å²) in [6.45, 7) is 5.41. The summed E-state index contributed by atoms with van der Waals surface area (Å²) in [6, 6.07) is 7.38. The Morgan fingerprint density at radius 3 is 2.29 bits per heavy atom. The summed E-state index contributed by atoms with van der Waals surface area (Å²) in [5, 5.41) is 0. The molecule has 0 saturated heterocycles. The zero-order chi connectivity index (χ0) is 15.8. The van der Waals surface area contributed by atoms with Gasteiger partial charge in [0.05, 0.1) is 0 Å². The van der Waals surface area contributed by atoms with Crippen molar-refractivity contribution < 1.29 is 12.8 Å². The van der Waals surface area contributed by atoms with Gasteiger partial charge >= 0.3 is 0 Å². The summed E-state index contributed by atoms with van der Waals surface area (Å²) in [4.78, 5) is -0.455. The molecule has 2 rings (SSSR count). The molecule has 6 heteroatoms. The van der Waals surface area contributed by atoms with Crippen molar-refractivity contribution in [2.45, 2.75) is 25.7 Å². The molecule has 0 radical (unpaired) electrons. The van der Waals surface area contributed by atoms with E-state index in [9.17, 15) is 12.8 Å². The highest BCUT2D eigenvalue weighted by Gasteiger charge is 2.20.